The largest absolute Gasteiger partial charge is 0.493 e. The fourth-order valence-corrected chi connectivity index (χ4v) is 1.81. The van der Waals surface area contributed by atoms with Gasteiger partial charge in [0.25, 0.3) is 5.91 Å². The van der Waals surface area contributed by atoms with Gasteiger partial charge in [0.05, 0.1) is 13.3 Å². The van der Waals surface area contributed by atoms with Crippen molar-refractivity contribution in [1.82, 2.24) is 5.43 Å². The molecule has 0 fully saturated rings. The second-order valence-corrected chi connectivity index (χ2v) is 4.42. The minimum atomic E-state index is -0.289. The van der Waals surface area contributed by atoms with Crippen molar-refractivity contribution in [2.75, 3.05) is 13.7 Å². The molecule has 6 nitrogen and oxygen atoms in total. The number of nitriles is 1. The van der Waals surface area contributed by atoms with Crippen LogP contribution in [0.15, 0.2) is 53.6 Å². The fourth-order valence-electron chi connectivity index (χ4n) is 1.81. The molecule has 0 saturated carbocycles. The Morgan fingerprint density at radius 1 is 1.26 bits per heavy atom. The maximum atomic E-state index is 11.8. The van der Waals surface area contributed by atoms with Gasteiger partial charge in [0.15, 0.2) is 18.1 Å². The van der Waals surface area contributed by atoms with E-state index in [1.165, 1.54) is 13.3 Å². The molecule has 1 amide bonds. The summed E-state index contributed by atoms with van der Waals surface area (Å²) in [5.74, 6) is 0.667. The second kappa shape index (κ2) is 8.20. The van der Waals surface area contributed by atoms with E-state index in [-0.39, 0.29) is 12.5 Å². The summed E-state index contributed by atoms with van der Waals surface area (Å²) >= 11 is 0. The van der Waals surface area contributed by atoms with E-state index in [4.69, 9.17) is 14.7 Å². The number of hydrazone groups is 1. The van der Waals surface area contributed by atoms with E-state index in [9.17, 15) is 4.79 Å². The number of carbonyl (C=O) groups excluding carboxylic acids is 1. The average molecular weight is 309 g/mol. The molecule has 0 spiro atoms. The van der Waals surface area contributed by atoms with Crippen LogP contribution in [-0.2, 0) is 0 Å². The SMILES string of the molecule is COc1cc(/C=N\NC(=O)c2ccccc2)ccc1OCC#N. The summed E-state index contributed by atoms with van der Waals surface area (Å²) in [6.45, 7) is -0.0586. The van der Waals surface area contributed by atoms with Crippen LogP contribution in [0.2, 0.25) is 0 Å². The van der Waals surface area contributed by atoms with Gasteiger partial charge in [-0.1, -0.05) is 18.2 Å². The van der Waals surface area contributed by atoms with E-state index < -0.39 is 0 Å². The minimum absolute atomic E-state index is 0.0586. The van der Waals surface area contributed by atoms with Gasteiger partial charge in [-0.25, -0.2) is 5.43 Å². The van der Waals surface area contributed by atoms with Gasteiger partial charge >= 0.3 is 0 Å². The molecule has 0 aromatic heterocycles. The quantitative estimate of drug-likeness (QED) is 0.656. The third-order valence-electron chi connectivity index (χ3n) is 2.90. The molecule has 6 heteroatoms. The Bertz CT molecular complexity index is 736. The van der Waals surface area contributed by atoms with Crippen LogP contribution < -0.4 is 14.9 Å². The number of nitrogens with zero attached hydrogens (tertiary/aromatic N) is 2. The first kappa shape index (κ1) is 16.0. The van der Waals surface area contributed by atoms with Crippen LogP contribution in [0.5, 0.6) is 11.5 Å². The molecule has 23 heavy (non-hydrogen) atoms. The van der Waals surface area contributed by atoms with Crippen molar-refractivity contribution in [3.8, 4) is 17.6 Å². The zero-order valence-electron chi connectivity index (χ0n) is 12.5. The van der Waals surface area contributed by atoms with Crippen LogP contribution in [0.4, 0.5) is 0 Å². The van der Waals surface area contributed by atoms with Crippen molar-refractivity contribution in [1.29, 1.82) is 5.26 Å². The van der Waals surface area contributed by atoms with E-state index in [0.29, 0.717) is 17.1 Å². The van der Waals surface area contributed by atoms with Crippen molar-refractivity contribution in [2.24, 2.45) is 5.10 Å². The minimum Gasteiger partial charge on any atom is -0.493 e. The highest BCUT2D eigenvalue weighted by atomic mass is 16.5. The Kier molecular flexibility index (Phi) is 5.72. The maximum absolute atomic E-state index is 11.8. The van der Waals surface area contributed by atoms with Crippen LogP contribution in [0.3, 0.4) is 0 Å². The molecule has 0 bridgehead atoms. The molecule has 0 aliphatic rings. The third-order valence-corrected chi connectivity index (χ3v) is 2.90. The summed E-state index contributed by atoms with van der Waals surface area (Å²) < 4.78 is 10.4. The molecular formula is C17H15N3O3. The lowest BCUT2D eigenvalue weighted by Gasteiger charge is -2.08. The highest BCUT2D eigenvalue weighted by Gasteiger charge is 2.05. The number of hydrogen-bond donors (Lipinski definition) is 1. The standard InChI is InChI=1S/C17H15N3O3/c1-22-16-11-13(7-8-15(16)23-10-9-18)12-19-20-17(21)14-5-3-2-4-6-14/h2-8,11-12H,10H2,1H3,(H,20,21)/b19-12-. The van der Waals surface area contributed by atoms with Crippen LogP contribution >= 0.6 is 0 Å². The molecule has 2 aromatic rings. The normalized spacial score (nSPS) is 10.1. The third kappa shape index (κ3) is 4.58. The first-order valence-corrected chi connectivity index (χ1v) is 6.81. The number of nitrogens with one attached hydrogen (secondary N) is 1. The molecule has 1 N–H and O–H groups in total. The first-order chi connectivity index (χ1) is 11.2. The molecular weight excluding hydrogens is 294 g/mol. The van der Waals surface area contributed by atoms with Crippen molar-refractivity contribution in [2.45, 2.75) is 0 Å². The predicted octanol–water partition coefficient (Wildman–Crippen LogP) is 2.36. The van der Waals surface area contributed by atoms with Gasteiger partial charge in [0.2, 0.25) is 0 Å². The molecule has 0 saturated heterocycles. The van der Waals surface area contributed by atoms with Crippen molar-refractivity contribution < 1.29 is 14.3 Å². The summed E-state index contributed by atoms with van der Waals surface area (Å²) in [4.78, 5) is 11.8. The van der Waals surface area contributed by atoms with Gasteiger partial charge in [0.1, 0.15) is 6.07 Å². The Morgan fingerprint density at radius 2 is 2.04 bits per heavy atom. The molecule has 2 aromatic carbocycles. The van der Waals surface area contributed by atoms with Gasteiger partial charge in [-0.15, -0.1) is 0 Å². The van der Waals surface area contributed by atoms with Crippen LogP contribution in [-0.4, -0.2) is 25.8 Å². The van der Waals surface area contributed by atoms with E-state index in [0.717, 1.165) is 5.56 Å². The Balaban J connectivity index is 2.02. The number of ether oxygens (including phenoxy) is 2. The van der Waals surface area contributed by atoms with Crippen molar-refractivity contribution in [3.63, 3.8) is 0 Å². The Labute approximate surface area is 134 Å². The van der Waals surface area contributed by atoms with E-state index in [2.05, 4.69) is 10.5 Å². The molecule has 0 aliphatic heterocycles. The van der Waals surface area contributed by atoms with Gasteiger partial charge in [-0.05, 0) is 35.9 Å². The number of benzene rings is 2. The van der Waals surface area contributed by atoms with Gasteiger partial charge in [-0.2, -0.15) is 10.4 Å². The van der Waals surface area contributed by atoms with E-state index in [1.54, 1.807) is 42.5 Å². The van der Waals surface area contributed by atoms with Gasteiger partial charge < -0.3 is 9.47 Å². The molecule has 0 unspecified atom stereocenters. The number of hydrogen-bond acceptors (Lipinski definition) is 5. The molecule has 2 rings (SSSR count). The highest BCUT2D eigenvalue weighted by molar-refractivity contribution is 5.94. The first-order valence-electron chi connectivity index (χ1n) is 6.81. The van der Waals surface area contributed by atoms with Gasteiger partial charge in [0, 0.05) is 5.56 Å². The smallest absolute Gasteiger partial charge is 0.271 e. The summed E-state index contributed by atoms with van der Waals surface area (Å²) in [6.07, 6.45) is 1.50. The lowest BCUT2D eigenvalue weighted by molar-refractivity contribution is 0.0955. The molecule has 0 aliphatic carbocycles. The Morgan fingerprint density at radius 3 is 2.74 bits per heavy atom. The zero-order valence-corrected chi connectivity index (χ0v) is 12.5. The van der Waals surface area contributed by atoms with Gasteiger partial charge in [-0.3, -0.25) is 4.79 Å². The van der Waals surface area contributed by atoms with E-state index in [1.807, 2.05) is 12.1 Å². The van der Waals surface area contributed by atoms with Crippen LogP contribution in [0.1, 0.15) is 15.9 Å². The predicted molar refractivity (Wildman–Crippen MR) is 85.6 cm³/mol. The average Bonchev–Trinajstić information content (AvgIpc) is 2.61. The second-order valence-electron chi connectivity index (χ2n) is 4.42. The lowest BCUT2D eigenvalue weighted by atomic mass is 10.2. The summed E-state index contributed by atoms with van der Waals surface area (Å²) in [5.41, 5.74) is 3.70. The highest BCUT2D eigenvalue weighted by Crippen LogP contribution is 2.27. The lowest BCUT2D eigenvalue weighted by Crippen LogP contribution is -2.17. The maximum Gasteiger partial charge on any atom is 0.271 e. The van der Waals surface area contributed by atoms with E-state index >= 15 is 0 Å². The number of rotatable bonds is 6. The topological polar surface area (TPSA) is 83.7 Å². The van der Waals surface area contributed by atoms with Crippen molar-refractivity contribution in [3.05, 3.63) is 59.7 Å². The molecule has 0 radical (unpaired) electrons. The Hall–Kier alpha value is -3.33. The summed E-state index contributed by atoms with van der Waals surface area (Å²) in [7, 11) is 1.51. The molecule has 116 valence electrons. The van der Waals surface area contributed by atoms with Crippen LogP contribution in [0, 0.1) is 11.3 Å². The van der Waals surface area contributed by atoms with Crippen molar-refractivity contribution >= 4 is 12.1 Å². The summed E-state index contributed by atoms with van der Waals surface area (Å²) in [6, 6.07) is 15.8. The molecule has 0 heterocycles. The van der Waals surface area contributed by atoms with Crippen LogP contribution in [0.25, 0.3) is 0 Å². The molecule has 0 atom stereocenters. The summed E-state index contributed by atoms with van der Waals surface area (Å²) in [5, 5.41) is 12.4. The monoisotopic (exact) mass is 309 g/mol. The number of methoxy groups -OCH3 is 1. The fraction of sp³-hybridized carbons (Fsp3) is 0.118. The number of amides is 1. The number of carbonyl (C=O) groups is 1. The zero-order chi connectivity index (χ0) is 16.5.